The molecule has 1 amide bonds. The first-order valence-electron chi connectivity index (χ1n) is 12.6. The molecule has 0 radical (unpaired) electrons. The van der Waals surface area contributed by atoms with Crippen LogP contribution in [0.5, 0.6) is 5.75 Å². The number of phenolic OH excluding ortho intramolecular Hbond substituents is 1. The van der Waals surface area contributed by atoms with E-state index in [1.165, 1.54) is 35.4 Å². The smallest absolute Gasteiger partial charge is 0.266 e. The molecule has 1 spiro atoms. The number of likely N-dealkylation sites (N-methyl/N-ethyl adjacent to an activating group) is 1. The van der Waals surface area contributed by atoms with Crippen LogP contribution in [0.25, 0.3) is 0 Å². The molecule has 1 saturated heterocycles. The molecule has 3 unspecified atom stereocenters. The third kappa shape index (κ3) is 3.26. The molecule has 1 aliphatic heterocycles. The quantitative estimate of drug-likeness (QED) is 0.619. The number of carbonyl (C=O) groups excluding carboxylic acids is 1. The highest BCUT2D eigenvalue weighted by Gasteiger charge is 2.67. The number of fused-ring (bicyclic) bond motifs is 2. The summed E-state index contributed by atoms with van der Waals surface area (Å²) < 4.78 is 1.32. The second-order valence-corrected chi connectivity index (χ2v) is 11.1. The summed E-state index contributed by atoms with van der Waals surface area (Å²) in [5.74, 6) is 1.19. The summed E-state index contributed by atoms with van der Waals surface area (Å²) in [6, 6.07) is 7.06. The molecule has 34 heavy (non-hydrogen) atoms. The standard InChI is InChI=1S/C26H34N4O4/c1-28(15-17-2-3-17)24-19-12-18-4-5-20(31)13-21(18)25(14-19)7-10-29(11-8-26(24,25)34)23(33)16-30-22(32)6-9-27-30/h4-6,9,13,17,19,24,27,31,34H,2-3,7-8,10-12,14-16H2,1H3/t19-,24?,25?,26?/m1/s1. The van der Waals surface area contributed by atoms with Crippen molar-refractivity contribution in [2.45, 2.75) is 62.1 Å². The average Bonchev–Trinajstić information content (AvgIpc) is 3.50. The number of benzene rings is 1. The van der Waals surface area contributed by atoms with Gasteiger partial charge in [0.1, 0.15) is 12.3 Å². The van der Waals surface area contributed by atoms with Crippen molar-refractivity contribution in [2.75, 3.05) is 26.7 Å². The molecule has 4 aliphatic rings. The van der Waals surface area contributed by atoms with Gasteiger partial charge < -0.3 is 20.2 Å². The lowest BCUT2D eigenvalue weighted by atomic mass is 9.63. The molecule has 1 aromatic heterocycles. The molecular weight excluding hydrogens is 432 g/mol. The van der Waals surface area contributed by atoms with Gasteiger partial charge in [-0.2, -0.15) is 0 Å². The Balaban J connectivity index is 1.36. The topological polar surface area (TPSA) is 102 Å². The van der Waals surface area contributed by atoms with Crippen molar-refractivity contribution in [1.29, 1.82) is 0 Å². The molecule has 2 saturated carbocycles. The van der Waals surface area contributed by atoms with E-state index in [9.17, 15) is 19.8 Å². The van der Waals surface area contributed by atoms with Crippen molar-refractivity contribution in [3.8, 4) is 5.75 Å². The Hall–Kier alpha value is -2.58. The maximum Gasteiger partial charge on any atom is 0.266 e. The van der Waals surface area contributed by atoms with Crippen molar-refractivity contribution < 1.29 is 15.0 Å². The molecule has 3 N–H and O–H groups in total. The number of rotatable bonds is 5. The SMILES string of the molecule is CN(CC1CC1)C1[C@@H]2Cc3ccc(O)cc3C3(CCN(C(=O)Cn4[nH]ccc4=O)CCC13O)C2. The van der Waals surface area contributed by atoms with E-state index in [-0.39, 0.29) is 29.8 Å². The predicted molar refractivity (Wildman–Crippen MR) is 127 cm³/mol. The number of aliphatic hydroxyl groups is 1. The summed E-state index contributed by atoms with van der Waals surface area (Å²) in [7, 11) is 2.16. The third-order valence-corrected chi connectivity index (χ3v) is 9.12. The minimum atomic E-state index is -0.987. The van der Waals surface area contributed by atoms with Crippen LogP contribution < -0.4 is 5.56 Å². The van der Waals surface area contributed by atoms with E-state index in [0.717, 1.165) is 30.9 Å². The Morgan fingerprint density at radius 1 is 1.24 bits per heavy atom. The first-order chi connectivity index (χ1) is 16.3. The maximum atomic E-state index is 13.1. The molecular formula is C26H34N4O4. The third-order valence-electron chi connectivity index (χ3n) is 9.12. The van der Waals surface area contributed by atoms with Gasteiger partial charge in [0.2, 0.25) is 5.91 Å². The van der Waals surface area contributed by atoms with E-state index in [1.54, 1.807) is 6.07 Å². The number of nitrogens with one attached hydrogen (secondary N) is 1. The van der Waals surface area contributed by atoms with Gasteiger partial charge >= 0.3 is 0 Å². The summed E-state index contributed by atoms with van der Waals surface area (Å²) in [6.07, 6.45) is 6.99. The minimum Gasteiger partial charge on any atom is -0.508 e. The van der Waals surface area contributed by atoms with E-state index >= 15 is 0 Å². The van der Waals surface area contributed by atoms with Gasteiger partial charge in [0.25, 0.3) is 5.56 Å². The Bertz CT molecular complexity index is 1170. The lowest BCUT2D eigenvalue weighted by molar-refractivity contribution is -0.132. The fraction of sp³-hybridized carbons (Fsp3) is 0.615. The summed E-state index contributed by atoms with van der Waals surface area (Å²) in [5, 5.41) is 25.8. The number of H-pyrrole nitrogens is 1. The number of aromatic nitrogens is 2. The van der Waals surface area contributed by atoms with Crippen LogP contribution in [0.15, 0.2) is 35.3 Å². The van der Waals surface area contributed by atoms with Gasteiger partial charge in [0.05, 0.1) is 5.60 Å². The predicted octanol–water partition coefficient (Wildman–Crippen LogP) is 1.46. The van der Waals surface area contributed by atoms with Crippen LogP contribution in [0.2, 0.25) is 0 Å². The highest BCUT2D eigenvalue weighted by Crippen LogP contribution is 2.62. The Morgan fingerprint density at radius 3 is 2.76 bits per heavy atom. The number of amides is 1. The number of likely N-dealkylation sites (tertiary alicyclic amines) is 1. The molecule has 3 fully saturated rings. The van der Waals surface area contributed by atoms with E-state index in [1.807, 2.05) is 17.0 Å². The van der Waals surface area contributed by atoms with Crippen LogP contribution in [-0.2, 0) is 23.2 Å². The zero-order valence-corrected chi connectivity index (χ0v) is 19.7. The highest BCUT2D eigenvalue weighted by atomic mass is 16.3. The summed E-state index contributed by atoms with van der Waals surface area (Å²) in [4.78, 5) is 29.3. The van der Waals surface area contributed by atoms with E-state index < -0.39 is 11.0 Å². The summed E-state index contributed by atoms with van der Waals surface area (Å²) >= 11 is 0. The number of phenols is 1. The number of carbonyl (C=O) groups is 1. The number of nitrogens with zero attached hydrogens (tertiary/aromatic N) is 3. The van der Waals surface area contributed by atoms with Crippen molar-refractivity contribution in [2.24, 2.45) is 11.8 Å². The van der Waals surface area contributed by atoms with Crippen LogP contribution in [0.1, 0.15) is 43.2 Å². The zero-order valence-electron chi connectivity index (χ0n) is 19.7. The van der Waals surface area contributed by atoms with Gasteiger partial charge in [-0.1, -0.05) is 6.07 Å². The summed E-state index contributed by atoms with van der Waals surface area (Å²) in [5.41, 5.74) is 0.568. The molecule has 182 valence electrons. The van der Waals surface area contributed by atoms with Crippen LogP contribution in [-0.4, -0.2) is 74.0 Å². The average molecular weight is 467 g/mol. The van der Waals surface area contributed by atoms with Gasteiger partial charge in [0.15, 0.2) is 0 Å². The van der Waals surface area contributed by atoms with Crippen molar-refractivity contribution >= 4 is 5.91 Å². The maximum absolute atomic E-state index is 13.1. The molecule has 2 bridgehead atoms. The fourth-order valence-electron chi connectivity index (χ4n) is 7.50. The van der Waals surface area contributed by atoms with Crippen LogP contribution >= 0.6 is 0 Å². The second-order valence-electron chi connectivity index (χ2n) is 11.1. The molecule has 4 atom stereocenters. The molecule has 1 aromatic carbocycles. The van der Waals surface area contributed by atoms with E-state index in [2.05, 4.69) is 17.0 Å². The van der Waals surface area contributed by atoms with Gasteiger partial charge in [-0.05, 0) is 80.7 Å². The number of aromatic amines is 1. The molecule has 6 rings (SSSR count). The molecule has 2 aromatic rings. The van der Waals surface area contributed by atoms with Crippen LogP contribution in [0.4, 0.5) is 0 Å². The number of hydrogen-bond donors (Lipinski definition) is 3. The van der Waals surface area contributed by atoms with Crippen molar-refractivity contribution in [3.05, 3.63) is 51.9 Å². The molecule has 8 heteroatoms. The molecule has 3 aliphatic carbocycles. The Labute approximate surface area is 199 Å². The zero-order chi connectivity index (χ0) is 23.7. The first-order valence-corrected chi connectivity index (χ1v) is 12.6. The van der Waals surface area contributed by atoms with Gasteiger partial charge in [-0.3, -0.25) is 14.5 Å². The van der Waals surface area contributed by atoms with Crippen LogP contribution in [0, 0.1) is 11.8 Å². The molecule has 2 heterocycles. The van der Waals surface area contributed by atoms with Gasteiger partial charge in [-0.25, -0.2) is 4.68 Å². The number of aromatic hydroxyl groups is 1. The van der Waals surface area contributed by atoms with Crippen molar-refractivity contribution in [3.63, 3.8) is 0 Å². The lowest BCUT2D eigenvalue weighted by Crippen LogP contribution is -2.58. The Morgan fingerprint density at radius 2 is 2.03 bits per heavy atom. The van der Waals surface area contributed by atoms with Crippen molar-refractivity contribution in [1.82, 2.24) is 19.6 Å². The fourth-order valence-corrected chi connectivity index (χ4v) is 7.50. The normalized spacial score (nSPS) is 32.4. The van der Waals surface area contributed by atoms with E-state index in [4.69, 9.17) is 0 Å². The highest BCUT2D eigenvalue weighted by molar-refractivity contribution is 5.76. The largest absolute Gasteiger partial charge is 0.508 e. The van der Waals surface area contributed by atoms with E-state index in [0.29, 0.717) is 31.8 Å². The summed E-state index contributed by atoms with van der Waals surface area (Å²) in [6.45, 7) is 1.96. The Kier molecular flexibility index (Phi) is 4.97. The van der Waals surface area contributed by atoms with Gasteiger partial charge in [-0.15, -0.1) is 0 Å². The number of hydrogen-bond acceptors (Lipinski definition) is 5. The first kappa shape index (κ1) is 21.9. The monoisotopic (exact) mass is 466 g/mol. The van der Waals surface area contributed by atoms with Crippen LogP contribution in [0.3, 0.4) is 0 Å². The second kappa shape index (κ2) is 7.71. The minimum absolute atomic E-state index is 0.0173. The van der Waals surface area contributed by atoms with Gasteiger partial charge in [0, 0.05) is 43.4 Å². The molecule has 8 nitrogen and oxygen atoms in total. The lowest BCUT2D eigenvalue weighted by Gasteiger charge is -2.46.